The molecule has 3 heterocycles. The molecular weight excluding hydrogens is 438 g/mol. The third kappa shape index (κ3) is 3.71. The summed E-state index contributed by atoms with van der Waals surface area (Å²) in [6.45, 7) is 4.09. The highest BCUT2D eigenvalue weighted by atomic mass is 79.9. The van der Waals surface area contributed by atoms with Gasteiger partial charge < -0.3 is 0 Å². The average molecular weight is 458 g/mol. The number of unbranched alkanes of at least 4 members (excludes halogenated alkanes) is 1. The Balaban J connectivity index is 1.87. The van der Waals surface area contributed by atoms with Gasteiger partial charge in [0.15, 0.2) is 11.3 Å². The fourth-order valence-corrected chi connectivity index (χ4v) is 4.43. The van der Waals surface area contributed by atoms with E-state index in [4.69, 9.17) is 10.1 Å². The summed E-state index contributed by atoms with van der Waals surface area (Å²) in [5, 5.41) is 11.5. The van der Waals surface area contributed by atoms with E-state index >= 15 is 0 Å². The van der Waals surface area contributed by atoms with Crippen molar-refractivity contribution in [1.29, 1.82) is 0 Å². The third-order valence-corrected chi connectivity index (χ3v) is 5.92. The van der Waals surface area contributed by atoms with Gasteiger partial charge in [-0.05, 0) is 43.7 Å². The quantitative estimate of drug-likeness (QED) is 0.716. The number of rotatable bonds is 4. The van der Waals surface area contributed by atoms with E-state index in [1.807, 2.05) is 43.3 Å². The number of hydrogen-bond acceptors (Lipinski definition) is 6. The van der Waals surface area contributed by atoms with Crippen LogP contribution in [0.25, 0.3) is 5.70 Å². The molecule has 0 saturated heterocycles. The summed E-state index contributed by atoms with van der Waals surface area (Å²) in [6, 6.07) is 11.6. The van der Waals surface area contributed by atoms with Crippen LogP contribution in [-0.2, 0) is 4.79 Å². The van der Waals surface area contributed by atoms with Crippen LogP contribution in [0, 0.1) is 6.92 Å². The number of thioether (sulfide) groups is 1. The Labute approximate surface area is 176 Å². The molecule has 144 valence electrons. The molecule has 2 aromatic rings. The molecule has 0 bridgehead atoms. The van der Waals surface area contributed by atoms with Crippen LogP contribution in [0.2, 0.25) is 0 Å². The van der Waals surface area contributed by atoms with E-state index in [1.54, 1.807) is 16.8 Å². The largest absolute Gasteiger partial charge is 0.298 e. The predicted octanol–water partition coefficient (Wildman–Crippen LogP) is 2.83. The van der Waals surface area contributed by atoms with Gasteiger partial charge in [0.2, 0.25) is 0 Å². The number of carbonyl (C=O) groups excluding carboxylic acids is 1. The van der Waals surface area contributed by atoms with Gasteiger partial charge in [-0.25, -0.2) is 5.01 Å². The molecule has 2 aliphatic rings. The van der Waals surface area contributed by atoms with Crippen LogP contribution in [0.15, 0.2) is 51.0 Å². The minimum Gasteiger partial charge on any atom is -0.298 e. The Morgan fingerprint density at radius 1 is 1.29 bits per heavy atom. The summed E-state index contributed by atoms with van der Waals surface area (Å²) in [6.07, 6.45) is 1.69. The van der Waals surface area contributed by atoms with Gasteiger partial charge in [0, 0.05) is 21.1 Å². The predicted molar refractivity (Wildman–Crippen MR) is 115 cm³/mol. The van der Waals surface area contributed by atoms with Crippen molar-refractivity contribution < 1.29 is 4.79 Å². The van der Waals surface area contributed by atoms with Gasteiger partial charge in [-0.1, -0.05) is 47.1 Å². The highest BCUT2D eigenvalue weighted by Crippen LogP contribution is 2.30. The molecule has 0 saturated carbocycles. The zero-order chi connectivity index (χ0) is 19.7. The molecule has 6 nitrogen and oxygen atoms in total. The van der Waals surface area contributed by atoms with Crippen LogP contribution < -0.4 is 15.9 Å². The maximum atomic E-state index is 13.0. The van der Waals surface area contributed by atoms with Crippen LogP contribution in [0.5, 0.6) is 0 Å². The number of halogens is 1. The van der Waals surface area contributed by atoms with Crippen molar-refractivity contribution in [2.45, 2.75) is 32.9 Å². The van der Waals surface area contributed by atoms with E-state index in [1.165, 1.54) is 0 Å². The number of aryl methyl sites for hydroxylation is 1. The van der Waals surface area contributed by atoms with Gasteiger partial charge in [0.25, 0.3) is 5.91 Å². The first-order valence-electron chi connectivity index (χ1n) is 9.20. The summed E-state index contributed by atoms with van der Waals surface area (Å²) >= 11 is 5.05. The van der Waals surface area contributed by atoms with Crippen molar-refractivity contribution in [3.05, 3.63) is 62.8 Å². The monoisotopic (exact) mass is 457 g/mol. The summed E-state index contributed by atoms with van der Waals surface area (Å²) in [5.74, 6) is 0.742. The number of hydrazone groups is 1. The molecule has 1 atom stereocenters. The van der Waals surface area contributed by atoms with E-state index in [-0.39, 0.29) is 5.91 Å². The first kappa shape index (κ1) is 19.1. The molecular formula is C20H20BrN5OS. The Kier molecular flexibility index (Phi) is 5.50. The number of fused-ring (bicyclic) bond motifs is 2. The van der Waals surface area contributed by atoms with E-state index in [9.17, 15) is 4.79 Å². The summed E-state index contributed by atoms with van der Waals surface area (Å²) in [5.41, 5.74) is 2.17. The maximum absolute atomic E-state index is 13.0. The molecule has 0 spiro atoms. The molecule has 28 heavy (non-hydrogen) atoms. The van der Waals surface area contributed by atoms with Crippen molar-refractivity contribution in [3.8, 4) is 0 Å². The number of carbonyl (C=O) groups is 1. The zero-order valence-corrected chi connectivity index (χ0v) is 18.0. The third-order valence-electron chi connectivity index (χ3n) is 4.48. The molecule has 1 N–H and O–H groups in total. The SMILES string of the molecule is CCCCSC1=NN2C(=c3cc(Br)ccc3=NC2c2cccc(C)n2)C(=O)N1. The lowest BCUT2D eigenvalue weighted by Gasteiger charge is -2.33. The zero-order valence-electron chi connectivity index (χ0n) is 15.6. The van der Waals surface area contributed by atoms with Crippen LogP contribution >= 0.6 is 27.7 Å². The van der Waals surface area contributed by atoms with Crippen molar-refractivity contribution in [2.75, 3.05) is 5.75 Å². The maximum Gasteiger partial charge on any atom is 0.276 e. The van der Waals surface area contributed by atoms with Gasteiger partial charge >= 0.3 is 0 Å². The van der Waals surface area contributed by atoms with E-state index in [0.717, 1.165) is 45.0 Å². The van der Waals surface area contributed by atoms with Crippen molar-refractivity contribution >= 4 is 44.5 Å². The van der Waals surface area contributed by atoms with Crippen LogP contribution in [0.1, 0.15) is 37.3 Å². The van der Waals surface area contributed by atoms with Gasteiger partial charge in [0.05, 0.1) is 11.1 Å². The van der Waals surface area contributed by atoms with Crippen molar-refractivity contribution in [2.24, 2.45) is 10.1 Å². The molecule has 1 amide bonds. The van der Waals surface area contributed by atoms with E-state index < -0.39 is 6.17 Å². The number of pyridine rings is 1. The summed E-state index contributed by atoms with van der Waals surface area (Å²) < 4.78 is 0.890. The van der Waals surface area contributed by atoms with Gasteiger partial charge in [0.1, 0.15) is 5.70 Å². The second kappa shape index (κ2) is 8.05. The van der Waals surface area contributed by atoms with Gasteiger partial charge in [-0.15, -0.1) is 5.10 Å². The minimum absolute atomic E-state index is 0.166. The molecule has 1 aromatic carbocycles. The molecule has 4 rings (SSSR count). The number of aromatic nitrogens is 1. The molecule has 1 aromatic heterocycles. The lowest BCUT2D eigenvalue weighted by Crippen LogP contribution is -2.50. The van der Waals surface area contributed by atoms with Gasteiger partial charge in [-0.3, -0.25) is 20.1 Å². The fraction of sp³-hybridized carbons (Fsp3) is 0.300. The Morgan fingerprint density at radius 2 is 2.14 bits per heavy atom. The number of amidine groups is 1. The first-order chi connectivity index (χ1) is 13.6. The molecule has 0 aliphatic carbocycles. The smallest absolute Gasteiger partial charge is 0.276 e. The van der Waals surface area contributed by atoms with Crippen LogP contribution in [0.4, 0.5) is 0 Å². The summed E-state index contributed by atoms with van der Waals surface area (Å²) in [7, 11) is 0. The Hall–Kier alpha value is -2.19. The second-order valence-electron chi connectivity index (χ2n) is 6.62. The van der Waals surface area contributed by atoms with Crippen molar-refractivity contribution in [3.63, 3.8) is 0 Å². The highest BCUT2D eigenvalue weighted by molar-refractivity contribution is 9.10. The standard InChI is InChI=1S/C20H20BrN5OS/c1-3-4-10-28-20-24-19(27)17-14-11-13(21)8-9-15(14)23-18(26(17)25-20)16-7-5-6-12(2)22-16/h5-9,11,18H,3-4,10H2,1-2H3,(H,24,25,27). The number of benzene rings is 1. The second-order valence-corrected chi connectivity index (χ2v) is 8.62. The van der Waals surface area contributed by atoms with E-state index in [0.29, 0.717) is 10.9 Å². The molecule has 2 aliphatic heterocycles. The summed E-state index contributed by atoms with van der Waals surface area (Å²) in [4.78, 5) is 22.5. The number of amides is 1. The van der Waals surface area contributed by atoms with Gasteiger partial charge in [-0.2, -0.15) is 0 Å². The molecule has 0 fully saturated rings. The fourth-order valence-electron chi connectivity index (χ4n) is 3.13. The Morgan fingerprint density at radius 3 is 2.93 bits per heavy atom. The van der Waals surface area contributed by atoms with Crippen molar-refractivity contribution in [1.82, 2.24) is 15.3 Å². The molecule has 0 radical (unpaired) electrons. The lowest BCUT2D eigenvalue weighted by atomic mass is 10.1. The van der Waals surface area contributed by atoms with Crippen LogP contribution in [0.3, 0.4) is 0 Å². The topological polar surface area (TPSA) is 70.0 Å². The normalized spacial score (nSPS) is 18.0. The lowest BCUT2D eigenvalue weighted by molar-refractivity contribution is -0.116. The number of hydrogen-bond donors (Lipinski definition) is 1. The molecule has 8 heteroatoms. The average Bonchev–Trinajstić information content (AvgIpc) is 2.67. The minimum atomic E-state index is -0.476. The Bertz CT molecular complexity index is 1080. The van der Waals surface area contributed by atoms with Crippen LogP contribution in [-0.4, -0.2) is 26.8 Å². The number of nitrogens with zero attached hydrogens (tertiary/aromatic N) is 4. The number of nitrogens with one attached hydrogen (secondary N) is 1. The molecule has 1 unspecified atom stereocenters. The first-order valence-corrected chi connectivity index (χ1v) is 11.0. The highest BCUT2D eigenvalue weighted by Gasteiger charge is 2.35. The van der Waals surface area contributed by atoms with E-state index in [2.05, 4.69) is 33.2 Å².